The maximum Gasteiger partial charge on any atom is 0.220 e. The van der Waals surface area contributed by atoms with Crippen molar-refractivity contribution in [2.24, 2.45) is 5.73 Å². The highest BCUT2D eigenvalue weighted by atomic mass is 35.5. The van der Waals surface area contributed by atoms with Crippen molar-refractivity contribution in [3.63, 3.8) is 0 Å². The number of carbonyl (C=O) groups is 1. The highest BCUT2D eigenvalue weighted by Crippen LogP contribution is 2.31. The maximum absolute atomic E-state index is 11.6. The van der Waals surface area contributed by atoms with Gasteiger partial charge in [-0.1, -0.05) is 0 Å². The van der Waals surface area contributed by atoms with Crippen LogP contribution in [-0.4, -0.2) is 37.7 Å². The fourth-order valence-electron chi connectivity index (χ4n) is 2.61. The minimum atomic E-state index is 0. The molecule has 140 valence electrons. The molecule has 25 heavy (non-hydrogen) atoms. The number of amides is 1. The van der Waals surface area contributed by atoms with Crippen LogP contribution in [0.25, 0.3) is 10.9 Å². The molecule has 0 saturated carbocycles. The fourth-order valence-corrected chi connectivity index (χ4v) is 2.61. The second-order valence-corrected chi connectivity index (χ2v) is 6.05. The van der Waals surface area contributed by atoms with Crippen molar-refractivity contribution >= 4 is 29.2 Å². The summed E-state index contributed by atoms with van der Waals surface area (Å²) in [6, 6.07) is 5.98. The van der Waals surface area contributed by atoms with Crippen molar-refractivity contribution in [2.75, 3.05) is 20.8 Å². The number of H-pyrrole nitrogens is 1. The van der Waals surface area contributed by atoms with E-state index in [4.69, 9.17) is 15.2 Å². The zero-order valence-electron chi connectivity index (χ0n) is 15.1. The lowest BCUT2D eigenvalue weighted by atomic mass is 10.2. The first-order chi connectivity index (χ1) is 11.5. The average molecular weight is 370 g/mol. The summed E-state index contributed by atoms with van der Waals surface area (Å²) in [5.41, 5.74) is 7.75. The van der Waals surface area contributed by atoms with Crippen LogP contribution in [0.2, 0.25) is 0 Å². The van der Waals surface area contributed by atoms with Gasteiger partial charge < -0.3 is 25.5 Å². The molecule has 0 bridgehead atoms. The summed E-state index contributed by atoms with van der Waals surface area (Å²) in [5.74, 6) is 1.61. The molecule has 0 saturated heterocycles. The normalized spacial score (nSPS) is 11.7. The summed E-state index contributed by atoms with van der Waals surface area (Å²) in [7, 11) is 3.29. The van der Waals surface area contributed by atoms with E-state index >= 15 is 0 Å². The van der Waals surface area contributed by atoms with Crippen molar-refractivity contribution in [1.29, 1.82) is 0 Å². The van der Waals surface area contributed by atoms with Gasteiger partial charge in [-0.25, -0.2) is 0 Å². The molecule has 6 nitrogen and oxygen atoms in total. The topological polar surface area (TPSA) is 89.4 Å². The quantitative estimate of drug-likeness (QED) is 0.593. The van der Waals surface area contributed by atoms with E-state index in [1.165, 1.54) is 0 Å². The molecule has 0 radical (unpaired) electrons. The van der Waals surface area contributed by atoms with Crippen LogP contribution in [0.3, 0.4) is 0 Å². The first-order valence-corrected chi connectivity index (χ1v) is 8.29. The van der Waals surface area contributed by atoms with E-state index in [9.17, 15) is 4.79 Å². The maximum atomic E-state index is 11.6. The number of aromatic amines is 1. The van der Waals surface area contributed by atoms with Crippen LogP contribution in [-0.2, 0) is 11.2 Å². The highest BCUT2D eigenvalue weighted by molar-refractivity contribution is 5.88. The summed E-state index contributed by atoms with van der Waals surface area (Å²) >= 11 is 0. The van der Waals surface area contributed by atoms with Gasteiger partial charge in [0, 0.05) is 42.2 Å². The summed E-state index contributed by atoms with van der Waals surface area (Å²) in [6.07, 6.45) is 2.93. The van der Waals surface area contributed by atoms with Crippen LogP contribution in [0.5, 0.6) is 11.5 Å². The van der Waals surface area contributed by atoms with Gasteiger partial charge in [-0.3, -0.25) is 4.79 Å². The molecule has 2 aromatic rings. The van der Waals surface area contributed by atoms with Gasteiger partial charge in [-0.15, -0.1) is 12.4 Å². The molecule has 1 atom stereocenters. The Bertz CT molecular complexity index is 686. The SMILES string of the molecule is COc1cc(OC)c2cc(CCCNC(=O)CCC(C)N)[nH]c2c1.Cl. The Morgan fingerprint density at radius 2 is 2.04 bits per heavy atom. The van der Waals surface area contributed by atoms with E-state index in [2.05, 4.69) is 16.4 Å². The molecule has 7 heteroatoms. The van der Waals surface area contributed by atoms with E-state index in [1.54, 1.807) is 14.2 Å². The lowest BCUT2D eigenvalue weighted by Gasteiger charge is -2.06. The second kappa shape index (κ2) is 10.2. The third-order valence-corrected chi connectivity index (χ3v) is 3.96. The zero-order chi connectivity index (χ0) is 17.5. The molecule has 0 aliphatic carbocycles. The Balaban J connectivity index is 0.00000312. The summed E-state index contributed by atoms with van der Waals surface area (Å²) in [5, 5.41) is 3.97. The Hall–Kier alpha value is -1.92. The molecule has 0 fully saturated rings. The summed E-state index contributed by atoms with van der Waals surface area (Å²) in [6.45, 7) is 2.57. The number of benzene rings is 1. The smallest absolute Gasteiger partial charge is 0.220 e. The highest BCUT2D eigenvalue weighted by Gasteiger charge is 2.09. The Morgan fingerprint density at radius 1 is 1.28 bits per heavy atom. The van der Waals surface area contributed by atoms with Gasteiger partial charge in [0.15, 0.2) is 0 Å². The minimum absolute atomic E-state index is 0. The van der Waals surface area contributed by atoms with Gasteiger partial charge in [-0.05, 0) is 32.3 Å². The van der Waals surface area contributed by atoms with Crippen molar-refractivity contribution in [3.05, 3.63) is 23.9 Å². The largest absolute Gasteiger partial charge is 0.497 e. The van der Waals surface area contributed by atoms with Gasteiger partial charge in [0.1, 0.15) is 11.5 Å². The molecular weight excluding hydrogens is 342 g/mol. The predicted octanol–water partition coefficient (Wildman–Crippen LogP) is 2.78. The van der Waals surface area contributed by atoms with Crippen LogP contribution < -0.4 is 20.5 Å². The van der Waals surface area contributed by atoms with Gasteiger partial charge in [-0.2, -0.15) is 0 Å². The Labute approximate surface area is 154 Å². The van der Waals surface area contributed by atoms with Crippen LogP contribution in [0.15, 0.2) is 18.2 Å². The molecule has 4 N–H and O–H groups in total. The lowest BCUT2D eigenvalue weighted by Crippen LogP contribution is -2.26. The number of carbonyl (C=O) groups excluding carboxylic acids is 1. The minimum Gasteiger partial charge on any atom is -0.497 e. The number of methoxy groups -OCH3 is 2. The molecule has 1 aromatic carbocycles. The molecule has 1 amide bonds. The number of fused-ring (bicyclic) bond motifs is 1. The molecule has 0 aliphatic heterocycles. The number of aryl methyl sites for hydroxylation is 1. The van der Waals surface area contributed by atoms with E-state index in [-0.39, 0.29) is 24.4 Å². The molecule has 1 aromatic heterocycles. The summed E-state index contributed by atoms with van der Waals surface area (Å²) in [4.78, 5) is 15.0. The van der Waals surface area contributed by atoms with Crippen LogP contribution in [0.1, 0.15) is 31.9 Å². The van der Waals surface area contributed by atoms with Crippen molar-refractivity contribution < 1.29 is 14.3 Å². The molecule has 0 aliphatic rings. The number of ether oxygens (including phenoxy) is 2. The molecule has 0 spiro atoms. The standard InChI is InChI=1S/C18H27N3O3.ClH/c1-12(19)6-7-18(22)20-8-4-5-13-9-15-16(21-13)10-14(23-2)11-17(15)24-3;/h9-12,21H,4-8,19H2,1-3H3,(H,20,22);1H. The van der Waals surface area contributed by atoms with Gasteiger partial charge in [0.05, 0.1) is 19.7 Å². The van der Waals surface area contributed by atoms with Crippen molar-refractivity contribution in [3.8, 4) is 11.5 Å². The number of aromatic nitrogens is 1. The fraction of sp³-hybridized carbons (Fsp3) is 0.500. The first-order valence-electron chi connectivity index (χ1n) is 8.29. The van der Waals surface area contributed by atoms with Crippen LogP contribution in [0, 0.1) is 0 Å². The number of nitrogens with two attached hydrogens (primary N) is 1. The van der Waals surface area contributed by atoms with Gasteiger partial charge in [0.25, 0.3) is 0 Å². The monoisotopic (exact) mass is 369 g/mol. The van der Waals surface area contributed by atoms with Crippen LogP contribution >= 0.6 is 12.4 Å². The summed E-state index contributed by atoms with van der Waals surface area (Å²) < 4.78 is 10.7. The molecule has 1 unspecified atom stereocenters. The predicted molar refractivity (Wildman–Crippen MR) is 103 cm³/mol. The first kappa shape index (κ1) is 21.1. The number of rotatable bonds is 9. The van der Waals surface area contributed by atoms with Crippen molar-refractivity contribution in [1.82, 2.24) is 10.3 Å². The lowest BCUT2D eigenvalue weighted by molar-refractivity contribution is -0.121. The van der Waals surface area contributed by atoms with Gasteiger partial charge in [0.2, 0.25) is 5.91 Å². The third-order valence-electron chi connectivity index (χ3n) is 3.96. The Morgan fingerprint density at radius 3 is 2.68 bits per heavy atom. The number of nitrogens with one attached hydrogen (secondary N) is 2. The molecule has 2 rings (SSSR count). The van der Waals surface area contributed by atoms with E-state index in [0.29, 0.717) is 13.0 Å². The van der Waals surface area contributed by atoms with Crippen LogP contribution in [0.4, 0.5) is 0 Å². The molecule has 1 heterocycles. The van der Waals surface area contributed by atoms with E-state index in [1.807, 2.05) is 19.1 Å². The third kappa shape index (κ3) is 6.14. The second-order valence-electron chi connectivity index (χ2n) is 6.05. The number of hydrogen-bond acceptors (Lipinski definition) is 4. The number of hydrogen-bond donors (Lipinski definition) is 3. The van der Waals surface area contributed by atoms with E-state index < -0.39 is 0 Å². The van der Waals surface area contributed by atoms with E-state index in [0.717, 1.165) is 47.4 Å². The zero-order valence-corrected chi connectivity index (χ0v) is 15.9. The Kier molecular flexibility index (Phi) is 8.58. The average Bonchev–Trinajstić information content (AvgIpc) is 2.98. The van der Waals surface area contributed by atoms with Gasteiger partial charge >= 0.3 is 0 Å². The van der Waals surface area contributed by atoms with Crippen molar-refractivity contribution in [2.45, 2.75) is 38.6 Å². The molecular formula is C18H28ClN3O3. The number of halogens is 1.